The van der Waals surface area contributed by atoms with Gasteiger partial charge in [0.15, 0.2) is 0 Å². The van der Waals surface area contributed by atoms with Crippen LogP contribution in [0.3, 0.4) is 0 Å². The Hall–Kier alpha value is -0.560. The van der Waals surface area contributed by atoms with Gasteiger partial charge in [-0.25, -0.2) is 0 Å². The van der Waals surface area contributed by atoms with Crippen LogP contribution in [0, 0.1) is 0 Å². The fourth-order valence-corrected chi connectivity index (χ4v) is 1.61. The second-order valence-corrected chi connectivity index (χ2v) is 7.26. The van der Waals surface area contributed by atoms with Gasteiger partial charge >= 0.3 is 0 Å². The molecule has 0 aliphatic heterocycles. The minimum atomic E-state index is 0.163. The van der Waals surface area contributed by atoms with E-state index in [-0.39, 0.29) is 19.8 Å². The van der Waals surface area contributed by atoms with Crippen LogP contribution in [-0.4, -0.2) is 164 Å². The molecule has 35 heavy (non-hydrogen) atoms. The zero-order chi connectivity index (χ0) is 28.0. The Kier molecular flexibility index (Phi) is 63.9. The molecule has 0 saturated heterocycles. The van der Waals surface area contributed by atoms with E-state index in [1.807, 2.05) is 30.9 Å². The van der Waals surface area contributed by atoms with E-state index in [4.69, 9.17) is 49.7 Å². The maximum Gasteiger partial charge on any atom is 0.0558 e. The Bertz CT molecular complexity index is 279. The van der Waals surface area contributed by atoms with Gasteiger partial charge < -0.3 is 75.5 Å². The molecule has 0 aliphatic rings. The monoisotopic (exact) mass is 518 g/mol. The topological polar surface area (TPSA) is 259 Å². The molecule has 0 aromatic carbocycles. The predicted octanol–water partition coefficient (Wildman–Crippen LogP) is -6.08. The first-order valence-electron chi connectivity index (χ1n) is 12.3. The summed E-state index contributed by atoms with van der Waals surface area (Å²) in [6.07, 6.45) is 0. The molecule has 0 bridgehead atoms. The lowest BCUT2D eigenvalue weighted by molar-refractivity contribution is 0.184. The molecule has 0 atom stereocenters. The van der Waals surface area contributed by atoms with Crippen molar-refractivity contribution < 1.29 is 15.3 Å². The number of hydrogen-bond donors (Lipinski definition) is 12. The van der Waals surface area contributed by atoms with Gasteiger partial charge in [0.25, 0.3) is 0 Å². The third-order valence-electron chi connectivity index (χ3n) is 3.44. The zero-order valence-electron chi connectivity index (χ0n) is 22.9. The molecule has 0 fully saturated rings. The number of hydrogen-bond acceptors (Lipinski definition) is 14. The molecule has 0 aromatic rings. The summed E-state index contributed by atoms with van der Waals surface area (Å²) in [7, 11) is 5.71. The Morgan fingerprint density at radius 1 is 0.457 bits per heavy atom. The highest BCUT2D eigenvalue weighted by molar-refractivity contribution is 4.52. The van der Waals surface area contributed by atoms with E-state index in [9.17, 15) is 0 Å². The number of rotatable bonds is 18. The first-order valence-corrected chi connectivity index (χ1v) is 12.3. The second kappa shape index (κ2) is 50.3. The third kappa shape index (κ3) is 79.1. The summed E-state index contributed by atoms with van der Waals surface area (Å²) >= 11 is 0. The molecular formula is C21H63N11O3. The summed E-state index contributed by atoms with van der Waals surface area (Å²) in [5.41, 5.74) is 30.7. The molecule has 0 saturated carbocycles. The van der Waals surface area contributed by atoms with Gasteiger partial charge in [-0.15, -0.1) is 0 Å². The van der Waals surface area contributed by atoms with Gasteiger partial charge in [0, 0.05) is 98.2 Å². The zero-order valence-corrected chi connectivity index (χ0v) is 22.9. The first kappa shape index (κ1) is 44.4. The summed E-state index contributed by atoms with van der Waals surface area (Å²) in [5.74, 6) is 0. The maximum atomic E-state index is 8.34. The van der Waals surface area contributed by atoms with E-state index in [1.54, 1.807) is 0 Å². The molecule has 14 heteroatoms. The molecule has 0 unspecified atom stereocenters. The van der Waals surface area contributed by atoms with Crippen LogP contribution in [0.2, 0.25) is 0 Å². The fraction of sp³-hybridized carbons (Fsp3) is 1.00. The Morgan fingerprint density at radius 2 is 0.743 bits per heavy atom. The normalized spacial score (nSPS) is 9.77. The van der Waals surface area contributed by atoms with E-state index in [2.05, 4.69) is 16.0 Å². The highest BCUT2D eigenvalue weighted by atomic mass is 16.3. The Labute approximate surface area is 215 Å². The highest BCUT2D eigenvalue weighted by Crippen LogP contribution is 1.76. The minimum Gasteiger partial charge on any atom is -0.395 e. The molecule has 0 aliphatic carbocycles. The quantitative estimate of drug-likeness (QED) is 0.0755. The Balaban J connectivity index is -0.000000110. The van der Waals surface area contributed by atoms with Crippen LogP contribution in [0.25, 0.3) is 0 Å². The van der Waals surface area contributed by atoms with Gasteiger partial charge in [-0.2, -0.15) is 0 Å². The average Bonchev–Trinajstić information content (AvgIpc) is 2.83. The van der Waals surface area contributed by atoms with Crippen LogP contribution in [0.1, 0.15) is 0 Å². The summed E-state index contributed by atoms with van der Waals surface area (Å²) in [6.45, 7) is 12.1. The number of aliphatic hydroxyl groups is 3. The van der Waals surface area contributed by atoms with Crippen molar-refractivity contribution >= 4 is 0 Å². The van der Waals surface area contributed by atoms with Gasteiger partial charge in [0.2, 0.25) is 0 Å². The van der Waals surface area contributed by atoms with Crippen molar-refractivity contribution in [2.75, 3.05) is 139 Å². The predicted molar refractivity (Wildman–Crippen MR) is 150 cm³/mol. The second-order valence-electron chi connectivity index (χ2n) is 7.26. The molecule has 14 nitrogen and oxygen atoms in total. The van der Waals surface area contributed by atoms with E-state index in [0.29, 0.717) is 52.4 Å². The van der Waals surface area contributed by atoms with Gasteiger partial charge in [0.1, 0.15) is 0 Å². The van der Waals surface area contributed by atoms with Crippen LogP contribution < -0.4 is 50.4 Å². The molecular weight excluding hydrogens is 454 g/mol. The molecule has 0 heterocycles. The van der Waals surface area contributed by atoms with E-state index in [1.165, 1.54) is 0 Å². The number of nitrogens with zero attached hydrogens (tertiary/aromatic N) is 2. The number of likely N-dealkylation sites (N-methyl/N-ethyl adjacent to an activating group) is 2. The van der Waals surface area contributed by atoms with Gasteiger partial charge in [-0.1, -0.05) is 0 Å². The van der Waals surface area contributed by atoms with Crippen molar-refractivity contribution in [1.29, 1.82) is 0 Å². The van der Waals surface area contributed by atoms with Crippen LogP contribution in [0.5, 0.6) is 0 Å². The van der Waals surface area contributed by atoms with E-state index >= 15 is 0 Å². The number of nitrogens with one attached hydrogen (secondary N) is 3. The van der Waals surface area contributed by atoms with Crippen molar-refractivity contribution in [3.63, 3.8) is 0 Å². The van der Waals surface area contributed by atoms with Crippen molar-refractivity contribution in [1.82, 2.24) is 25.8 Å². The lowest BCUT2D eigenvalue weighted by Gasteiger charge is -2.11. The average molecular weight is 518 g/mol. The van der Waals surface area contributed by atoms with Crippen LogP contribution in [-0.2, 0) is 0 Å². The molecule has 18 N–H and O–H groups in total. The van der Waals surface area contributed by atoms with E-state index in [0.717, 1.165) is 45.8 Å². The smallest absolute Gasteiger partial charge is 0.0558 e. The third-order valence-corrected chi connectivity index (χ3v) is 3.44. The van der Waals surface area contributed by atoms with Gasteiger partial charge in [-0.05, 0) is 21.1 Å². The number of nitrogens with two attached hydrogens (primary N) is 6. The van der Waals surface area contributed by atoms with Crippen molar-refractivity contribution in [2.45, 2.75) is 0 Å². The summed E-state index contributed by atoms with van der Waals surface area (Å²) in [4.78, 5) is 3.79. The first-order chi connectivity index (χ1) is 16.8. The summed E-state index contributed by atoms with van der Waals surface area (Å²) in [5, 5.41) is 34.2. The van der Waals surface area contributed by atoms with Crippen molar-refractivity contribution in [2.24, 2.45) is 34.4 Å². The van der Waals surface area contributed by atoms with Crippen LogP contribution >= 0.6 is 0 Å². The lowest BCUT2D eigenvalue weighted by Crippen LogP contribution is -2.32. The molecule has 0 radical (unpaired) electrons. The molecule has 0 rings (SSSR count). The minimum absolute atomic E-state index is 0.163. The maximum absolute atomic E-state index is 8.34. The summed E-state index contributed by atoms with van der Waals surface area (Å²) < 4.78 is 0. The van der Waals surface area contributed by atoms with Gasteiger partial charge in [-0.3, -0.25) is 0 Å². The van der Waals surface area contributed by atoms with Gasteiger partial charge in [0.05, 0.1) is 19.8 Å². The summed E-state index contributed by atoms with van der Waals surface area (Å²) in [6, 6.07) is 0. The fourth-order valence-electron chi connectivity index (χ4n) is 1.61. The Morgan fingerprint density at radius 3 is 0.914 bits per heavy atom. The van der Waals surface area contributed by atoms with Crippen molar-refractivity contribution in [3.8, 4) is 0 Å². The lowest BCUT2D eigenvalue weighted by atomic mass is 10.5. The van der Waals surface area contributed by atoms with E-state index < -0.39 is 0 Å². The van der Waals surface area contributed by atoms with Crippen LogP contribution in [0.15, 0.2) is 0 Å². The molecule has 0 spiro atoms. The van der Waals surface area contributed by atoms with Crippen molar-refractivity contribution in [3.05, 3.63) is 0 Å². The molecule has 0 amide bonds. The highest BCUT2D eigenvalue weighted by Gasteiger charge is 1.91. The van der Waals surface area contributed by atoms with Crippen LogP contribution in [0.4, 0.5) is 0 Å². The molecule has 0 aromatic heterocycles. The standard InChI is InChI=1S/C6H18N4.C5H13NO2.C4H13N3.C4H11NO.C2H8N2/c7-1-3-9-5-6-10-4-2-8;1-6(2-4-7)3-5-8;5-1-3-7-4-2-6;1-5(2)3-4-6;3-1-2-4/h9-10H,1-8H2;7-8H,2-5H2,1H3;7H,1-6H2;6H,3-4H2,1-2H3;1-4H2. The largest absolute Gasteiger partial charge is 0.395 e. The molecule has 220 valence electrons. The number of aliphatic hydroxyl groups excluding tert-OH is 3. The SMILES string of the molecule is CN(C)CCO.CN(CCO)CCO.NCCN.NCCNCCN.NCCNCCNCCN.